The lowest BCUT2D eigenvalue weighted by Crippen LogP contribution is -2.18. The van der Waals surface area contributed by atoms with Gasteiger partial charge >= 0.3 is 6.18 Å². The molecule has 0 aliphatic carbocycles. The summed E-state index contributed by atoms with van der Waals surface area (Å²) in [7, 11) is 0. The Balaban J connectivity index is 1.66. The van der Waals surface area contributed by atoms with Crippen LogP contribution in [0.15, 0.2) is 97.1 Å². The molecular weight excluding hydrogens is 489 g/mol. The number of benzene rings is 4. The number of rotatable bonds is 7. The van der Waals surface area contributed by atoms with Crippen molar-refractivity contribution in [2.75, 3.05) is 17.2 Å². The highest BCUT2D eigenvalue weighted by Crippen LogP contribution is 2.35. The minimum absolute atomic E-state index is 0.0749. The van der Waals surface area contributed by atoms with E-state index in [1.165, 1.54) is 24.3 Å². The van der Waals surface area contributed by atoms with Crippen LogP contribution >= 0.6 is 11.6 Å². The van der Waals surface area contributed by atoms with E-state index >= 15 is 0 Å². The number of hydrogen-bond donors (Lipinski definition) is 3. The molecule has 0 bridgehead atoms. The summed E-state index contributed by atoms with van der Waals surface area (Å²) >= 11 is 5.93. The lowest BCUT2D eigenvalue weighted by Gasteiger charge is -2.22. The van der Waals surface area contributed by atoms with Crippen LogP contribution in [0.2, 0.25) is 5.02 Å². The third-order valence-corrected chi connectivity index (χ3v) is 5.93. The van der Waals surface area contributed by atoms with E-state index in [0.29, 0.717) is 12.2 Å². The van der Waals surface area contributed by atoms with Crippen molar-refractivity contribution in [1.82, 2.24) is 0 Å². The number of amides is 1. The lowest BCUT2D eigenvalue weighted by molar-refractivity contribution is -0.137. The summed E-state index contributed by atoms with van der Waals surface area (Å²) in [5, 5.41) is 15.9. The van der Waals surface area contributed by atoms with E-state index in [9.17, 15) is 23.1 Å². The Bertz CT molecular complexity index is 1310. The second-order valence-electron chi connectivity index (χ2n) is 8.13. The topological polar surface area (TPSA) is 61.4 Å². The zero-order chi connectivity index (χ0) is 25.7. The Morgan fingerprint density at radius 3 is 2.03 bits per heavy atom. The van der Waals surface area contributed by atoms with Gasteiger partial charge in [-0.25, -0.2) is 0 Å². The number of nitrogens with one attached hydrogen (secondary N) is 2. The van der Waals surface area contributed by atoms with Crippen molar-refractivity contribution in [3.05, 3.63) is 124 Å². The van der Waals surface area contributed by atoms with Gasteiger partial charge in [0.05, 0.1) is 22.5 Å². The molecular formula is C28H22ClF3N2O2. The summed E-state index contributed by atoms with van der Waals surface area (Å²) in [5.74, 6) is -1.23. The molecule has 184 valence electrons. The van der Waals surface area contributed by atoms with Crippen LogP contribution in [-0.2, 0) is 6.18 Å². The van der Waals surface area contributed by atoms with Gasteiger partial charge in [-0.15, -0.1) is 0 Å². The Kier molecular flexibility index (Phi) is 7.50. The van der Waals surface area contributed by atoms with Crippen molar-refractivity contribution in [2.45, 2.75) is 12.1 Å². The monoisotopic (exact) mass is 510 g/mol. The van der Waals surface area contributed by atoms with Crippen molar-refractivity contribution in [3.63, 3.8) is 0 Å². The maximum absolute atomic E-state index is 13.4. The van der Waals surface area contributed by atoms with Crippen molar-refractivity contribution in [3.8, 4) is 5.75 Å². The Hall–Kier alpha value is -3.97. The molecule has 0 unspecified atom stereocenters. The molecule has 4 rings (SSSR count). The number of carbonyl (C=O) groups excluding carboxylic acids is 1. The molecule has 0 aliphatic heterocycles. The molecule has 1 amide bonds. The van der Waals surface area contributed by atoms with Crippen molar-refractivity contribution in [1.29, 1.82) is 0 Å². The van der Waals surface area contributed by atoms with Gasteiger partial charge in [-0.3, -0.25) is 4.79 Å². The molecule has 36 heavy (non-hydrogen) atoms. The summed E-state index contributed by atoms with van der Waals surface area (Å²) in [6.45, 7) is 0.352. The highest BCUT2D eigenvalue weighted by Gasteiger charge is 2.31. The van der Waals surface area contributed by atoms with Crippen LogP contribution in [0.1, 0.15) is 33.0 Å². The smallest absolute Gasteiger partial charge is 0.416 e. The summed E-state index contributed by atoms with van der Waals surface area (Å²) in [5.41, 5.74) is 1.21. The standard InChI is InChI=1S/C28H22ClF3N2O2/c29-21-12-14-26(35)22(16-21)27(36)34-25-15-20(28(30,31)32)11-13-24(25)33-17-23(18-7-3-1-4-8-18)19-9-5-2-6-10-19/h1-16,23,33,35H,17H2,(H,34,36). The zero-order valence-corrected chi connectivity index (χ0v) is 19.6. The number of carbonyl (C=O) groups is 1. The molecule has 0 aromatic heterocycles. The Morgan fingerprint density at radius 2 is 1.44 bits per heavy atom. The van der Waals surface area contributed by atoms with Crippen LogP contribution in [-0.4, -0.2) is 17.6 Å². The van der Waals surface area contributed by atoms with Crippen LogP contribution in [0.4, 0.5) is 24.5 Å². The molecule has 0 fully saturated rings. The van der Waals surface area contributed by atoms with Crippen molar-refractivity contribution < 1.29 is 23.1 Å². The van der Waals surface area contributed by atoms with E-state index in [1.54, 1.807) is 0 Å². The minimum Gasteiger partial charge on any atom is -0.507 e. The van der Waals surface area contributed by atoms with Gasteiger partial charge in [0.15, 0.2) is 0 Å². The second kappa shape index (κ2) is 10.7. The second-order valence-corrected chi connectivity index (χ2v) is 8.57. The molecule has 0 heterocycles. The summed E-state index contributed by atoms with van der Waals surface area (Å²) < 4.78 is 40.3. The molecule has 0 aliphatic rings. The highest BCUT2D eigenvalue weighted by molar-refractivity contribution is 6.31. The first-order valence-electron chi connectivity index (χ1n) is 11.1. The number of phenols is 1. The van der Waals surface area contributed by atoms with Gasteiger partial charge in [0, 0.05) is 17.5 Å². The van der Waals surface area contributed by atoms with Gasteiger partial charge in [-0.1, -0.05) is 72.3 Å². The number of hydrogen-bond acceptors (Lipinski definition) is 3. The molecule has 4 aromatic rings. The molecule has 4 nitrogen and oxygen atoms in total. The van der Waals surface area contributed by atoms with Gasteiger partial charge in [0.1, 0.15) is 5.75 Å². The molecule has 0 saturated heterocycles. The largest absolute Gasteiger partial charge is 0.507 e. The first-order chi connectivity index (χ1) is 17.2. The van der Waals surface area contributed by atoms with Gasteiger partial charge in [0.2, 0.25) is 0 Å². The highest BCUT2D eigenvalue weighted by atomic mass is 35.5. The molecule has 0 atom stereocenters. The third-order valence-electron chi connectivity index (χ3n) is 5.70. The number of anilines is 2. The molecule has 8 heteroatoms. The van der Waals surface area contributed by atoms with Crippen LogP contribution in [0.5, 0.6) is 5.75 Å². The number of aromatic hydroxyl groups is 1. The summed E-state index contributed by atoms with van der Waals surface area (Å²) in [6, 6.07) is 26.4. The fourth-order valence-electron chi connectivity index (χ4n) is 3.87. The van der Waals surface area contributed by atoms with E-state index in [4.69, 9.17) is 11.6 Å². The first kappa shape index (κ1) is 25.1. The van der Waals surface area contributed by atoms with Gasteiger partial charge in [-0.05, 0) is 47.5 Å². The van der Waals surface area contributed by atoms with E-state index in [1.807, 2.05) is 60.7 Å². The summed E-state index contributed by atoms with van der Waals surface area (Å²) in [4.78, 5) is 12.8. The summed E-state index contributed by atoms with van der Waals surface area (Å²) in [6.07, 6.45) is -4.60. The average Bonchev–Trinajstić information content (AvgIpc) is 2.87. The molecule has 3 N–H and O–H groups in total. The fraction of sp³-hybridized carbons (Fsp3) is 0.107. The van der Waals surface area contributed by atoms with E-state index in [0.717, 1.165) is 23.3 Å². The SMILES string of the molecule is O=C(Nc1cc(C(F)(F)F)ccc1NCC(c1ccccc1)c1ccccc1)c1cc(Cl)ccc1O. The van der Waals surface area contributed by atoms with Gasteiger partial charge in [-0.2, -0.15) is 13.2 Å². The van der Waals surface area contributed by atoms with Crippen molar-refractivity contribution >= 4 is 28.9 Å². The lowest BCUT2D eigenvalue weighted by atomic mass is 9.91. The normalized spacial score (nSPS) is 11.4. The van der Waals surface area contributed by atoms with Crippen LogP contribution in [0.3, 0.4) is 0 Å². The van der Waals surface area contributed by atoms with Gasteiger partial charge < -0.3 is 15.7 Å². The van der Waals surface area contributed by atoms with Crippen LogP contribution in [0.25, 0.3) is 0 Å². The van der Waals surface area contributed by atoms with Crippen LogP contribution in [0, 0.1) is 0 Å². The molecule has 0 spiro atoms. The molecule has 0 saturated carbocycles. The zero-order valence-electron chi connectivity index (χ0n) is 18.9. The maximum atomic E-state index is 13.4. The Labute approximate surface area is 211 Å². The number of phenolic OH excluding ortho intramolecular Hbond substituents is 1. The van der Waals surface area contributed by atoms with E-state index < -0.39 is 17.6 Å². The number of alkyl halides is 3. The first-order valence-corrected chi connectivity index (χ1v) is 11.4. The van der Waals surface area contributed by atoms with Gasteiger partial charge in [0.25, 0.3) is 5.91 Å². The quantitative estimate of drug-likeness (QED) is 0.240. The molecule has 0 radical (unpaired) electrons. The van der Waals surface area contributed by atoms with Crippen molar-refractivity contribution in [2.24, 2.45) is 0 Å². The number of halogens is 4. The van der Waals surface area contributed by atoms with E-state index in [-0.39, 0.29) is 27.9 Å². The predicted molar refractivity (Wildman–Crippen MR) is 136 cm³/mol. The predicted octanol–water partition coefficient (Wildman–Crippen LogP) is 7.56. The minimum atomic E-state index is -4.60. The van der Waals surface area contributed by atoms with E-state index in [2.05, 4.69) is 10.6 Å². The molecule has 4 aromatic carbocycles. The van der Waals surface area contributed by atoms with Crippen LogP contribution < -0.4 is 10.6 Å². The maximum Gasteiger partial charge on any atom is 0.416 e. The fourth-order valence-corrected chi connectivity index (χ4v) is 4.04. The average molecular weight is 511 g/mol. The third kappa shape index (κ3) is 5.98. The Morgan fingerprint density at radius 1 is 0.833 bits per heavy atom.